The van der Waals surface area contributed by atoms with Gasteiger partial charge in [0.05, 0.1) is 29.9 Å². The molecule has 10 nitrogen and oxygen atoms in total. The number of ether oxygens (including phenoxy) is 1. The largest absolute Gasteiger partial charge is 0.495 e. The lowest BCUT2D eigenvalue weighted by molar-refractivity contribution is 0.203. The maximum Gasteiger partial charge on any atom is 0.270 e. The molecule has 1 aliphatic rings. The fourth-order valence-corrected chi connectivity index (χ4v) is 5.36. The van der Waals surface area contributed by atoms with Crippen molar-refractivity contribution in [2.24, 2.45) is 0 Å². The summed E-state index contributed by atoms with van der Waals surface area (Å²) in [6.45, 7) is 3.59. The van der Waals surface area contributed by atoms with Gasteiger partial charge in [-0.05, 0) is 48.6 Å². The molecule has 35 heavy (non-hydrogen) atoms. The average molecular weight is 513 g/mol. The summed E-state index contributed by atoms with van der Waals surface area (Å²) < 4.78 is 41.7. The van der Waals surface area contributed by atoms with Crippen molar-refractivity contribution >= 4 is 45.0 Å². The van der Waals surface area contributed by atoms with Crippen molar-refractivity contribution in [3.63, 3.8) is 0 Å². The summed E-state index contributed by atoms with van der Waals surface area (Å²) in [5.41, 5.74) is 1.51. The molecule has 1 saturated heterocycles. The number of anilines is 2. The Balaban J connectivity index is 1.37. The first-order valence-electron chi connectivity index (χ1n) is 11.0. The minimum Gasteiger partial charge on any atom is -0.495 e. The van der Waals surface area contributed by atoms with Gasteiger partial charge in [-0.3, -0.25) is 14.2 Å². The van der Waals surface area contributed by atoms with Gasteiger partial charge in [0.15, 0.2) is 5.58 Å². The van der Waals surface area contributed by atoms with E-state index in [9.17, 15) is 8.42 Å². The highest BCUT2D eigenvalue weighted by Gasteiger charge is 2.22. The topological polar surface area (TPSA) is 106 Å². The van der Waals surface area contributed by atoms with E-state index in [1.54, 1.807) is 54.9 Å². The third-order valence-corrected chi connectivity index (χ3v) is 7.52. The zero-order valence-corrected chi connectivity index (χ0v) is 20.6. The molecule has 0 unspecified atom stereocenters. The van der Waals surface area contributed by atoms with Gasteiger partial charge in [0.2, 0.25) is 5.95 Å². The fraction of sp³-hybridized carbons (Fsp3) is 0.261. The van der Waals surface area contributed by atoms with E-state index in [1.165, 1.54) is 13.2 Å². The molecule has 182 valence electrons. The molecule has 12 heteroatoms. The van der Waals surface area contributed by atoms with Crippen molar-refractivity contribution in [1.82, 2.24) is 19.4 Å². The number of piperazine rings is 1. The molecule has 0 bridgehead atoms. The zero-order chi connectivity index (χ0) is 24.4. The van der Waals surface area contributed by atoms with Crippen LogP contribution in [0.25, 0.3) is 11.1 Å². The van der Waals surface area contributed by atoms with E-state index in [0.717, 1.165) is 32.1 Å². The molecule has 0 saturated carbocycles. The lowest BCUT2D eigenvalue weighted by Gasteiger charge is -2.34. The SMILES string of the molecule is COc1ccccc1NS(=O)(=O)c1ccc2oc(=S)n(CN3CCN(c4ncccn4)CC3)c2c1. The highest BCUT2D eigenvalue weighted by molar-refractivity contribution is 7.92. The number of aromatic nitrogens is 3. The van der Waals surface area contributed by atoms with E-state index in [1.807, 2.05) is 4.57 Å². The van der Waals surface area contributed by atoms with Crippen LogP contribution in [0.3, 0.4) is 0 Å². The third kappa shape index (κ3) is 4.85. The Kier molecular flexibility index (Phi) is 6.41. The van der Waals surface area contributed by atoms with E-state index >= 15 is 0 Å². The lowest BCUT2D eigenvalue weighted by Crippen LogP contribution is -2.47. The van der Waals surface area contributed by atoms with Gasteiger partial charge in [0.25, 0.3) is 14.9 Å². The minimum absolute atomic E-state index is 0.103. The van der Waals surface area contributed by atoms with E-state index in [-0.39, 0.29) is 4.90 Å². The number of fused-ring (bicyclic) bond motifs is 1. The van der Waals surface area contributed by atoms with Gasteiger partial charge in [-0.25, -0.2) is 18.4 Å². The molecule has 5 rings (SSSR count). The quantitative estimate of drug-likeness (QED) is 0.373. The van der Waals surface area contributed by atoms with Crippen LogP contribution in [0.2, 0.25) is 0 Å². The Hall–Kier alpha value is -3.48. The van der Waals surface area contributed by atoms with E-state index in [0.29, 0.717) is 34.0 Å². The molecule has 0 radical (unpaired) electrons. The van der Waals surface area contributed by atoms with Crippen molar-refractivity contribution in [3.8, 4) is 5.75 Å². The second-order valence-electron chi connectivity index (χ2n) is 8.03. The Morgan fingerprint density at radius 3 is 2.54 bits per heavy atom. The van der Waals surface area contributed by atoms with Gasteiger partial charge >= 0.3 is 0 Å². The molecule has 2 aromatic heterocycles. The maximum atomic E-state index is 13.1. The number of nitrogens with zero attached hydrogens (tertiary/aromatic N) is 5. The van der Waals surface area contributed by atoms with Crippen LogP contribution in [0.5, 0.6) is 5.75 Å². The van der Waals surface area contributed by atoms with Gasteiger partial charge in [-0.15, -0.1) is 0 Å². The summed E-state index contributed by atoms with van der Waals surface area (Å²) in [5, 5.41) is 0. The van der Waals surface area contributed by atoms with Crippen LogP contribution in [0.1, 0.15) is 0 Å². The highest BCUT2D eigenvalue weighted by atomic mass is 32.2. The van der Waals surface area contributed by atoms with Crippen LogP contribution in [0.4, 0.5) is 11.6 Å². The van der Waals surface area contributed by atoms with Crippen molar-refractivity contribution in [2.45, 2.75) is 11.6 Å². The van der Waals surface area contributed by atoms with Crippen molar-refractivity contribution < 1.29 is 17.6 Å². The molecule has 3 heterocycles. The number of benzene rings is 2. The first-order valence-corrected chi connectivity index (χ1v) is 12.9. The second-order valence-corrected chi connectivity index (χ2v) is 10.1. The third-order valence-electron chi connectivity index (χ3n) is 5.85. The highest BCUT2D eigenvalue weighted by Crippen LogP contribution is 2.28. The summed E-state index contributed by atoms with van der Waals surface area (Å²) in [7, 11) is -2.38. The van der Waals surface area contributed by atoms with Crippen LogP contribution in [0, 0.1) is 4.84 Å². The summed E-state index contributed by atoms with van der Waals surface area (Å²) in [5.74, 6) is 1.15. The van der Waals surface area contributed by atoms with E-state index in [4.69, 9.17) is 21.4 Å². The first-order chi connectivity index (χ1) is 16.9. The summed E-state index contributed by atoms with van der Waals surface area (Å²) >= 11 is 5.45. The molecule has 1 aliphatic heterocycles. The predicted molar refractivity (Wildman–Crippen MR) is 135 cm³/mol. The normalized spacial score (nSPS) is 14.8. The minimum atomic E-state index is -3.87. The molecule has 0 atom stereocenters. The number of methoxy groups -OCH3 is 1. The molecule has 0 amide bonds. The molecule has 4 aromatic rings. The average Bonchev–Trinajstić information content (AvgIpc) is 3.19. The first kappa shape index (κ1) is 23.3. The Bertz CT molecular complexity index is 1500. The van der Waals surface area contributed by atoms with Gasteiger partial charge < -0.3 is 14.1 Å². The zero-order valence-electron chi connectivity index (χ0n) is 19.0. The smallest absolute Gasteiger partial charge is 0.270 e. The molecule has 0 spiro atoms. The van der Waals surface area contributed by atoms with E-state index < -0.39 is 10.0 Å². The molecular formula is C23H24N6O4S2. The van der Waals surface area contributed by atoms with Gasteiger partial charge in [0, 0.05) is 38.6 Å². The van der Waals surface area contributed by atoms with Gasteiger partial charge in [-0.1, -0.05) is 12.1 Å². The number of rotatable bonds is 7. The van der Waals surface area contributed by atoms with Crippen LogP contribution in [-0.2, 0) is 16.7 Å². The molecule has 2 aromatic carbocycles. The van der Waals surface area contributed by atoms with Crippen LogP contribution < -0.4 is 14.4 Å². The van der Waals surface area contributed by atoms with Crippen molar-refractivity contribution in [1.29, 1.82) is 0 Å². The number of hydrogen-bond acceptors (Lipinski definition) is 9. The number of sulfonamides is 1. The second kappa shape index (κ2) is 9.64. The number of para-hydroxylation sites is 2. The van der Waals surface area contributed by atoms with Gasteiger partial charge in [-0.2, -0.15) is 0 Å². The standard InChI is InChI=1S/C23H24N6O4S2/c1-32-20-6-3-2-5-18(20)26-35(30,31)17-7-8-21-19(15-17)29(23(34)33-21)16-27-11-13-28(14-12-27)22-24-9-4-10-25-22/h2-10,15,26H,11-14,16H2,1H3. The van der Waals surface area contributed by atoms with Crippen LogP contribution >= 0.6 is 12.2 Å². The Morgan fingerprint density at radius 2 is 1.80 bits per heavy atom. The number of nitrogens with one attached hydrogen (secondary N) is 1. The molecule has 1 N–H and O–H groups in total. The molecule has 1 fully saturated rings. The van der Waals surface area contributed by atoms with Crippen molar-refractivity contribution in [3.05, 3.63) is 65.8 Å². The lowest BCUT2D eigenvalue weighted by atomic mass is 10.3. The Morgan fingerprint density at radius 1 is 1.06 bits per heavy atom. The maximum absolute atomic E-state index is 13.1. The summed E-state index contributed by atoms with van der Waals surface area (Å²) in [4.78, 5) is 13.4. The Labute approximate surface area is 207 Å². The number of hydrogen-bond donors (Lipinski definition) is 1. The van der Waals surface area contributed by atoms with Crippen molar-refractivity contribution in [2.75, 3.05) is 42.9 Å². The fourth-order valence-electron chi connectivity index (χ4n) is 4.02. The van der Waals surface area contributed by atoms with Crippen LogP contribution in [-0.4, -0.2) is 61.1 Å². The molecular weight excluding hydrogens is 488 g/mol. The summed E-state index contributed by atoms with van der Waals surface area (Å²) in [6.07, 6.45) is 3.47. The predicted octanol–water partition coefficient (Wildman–Crippen LogP) is 3.34. The van der Waals surface area contributed by atoms with Crippen LogP contribution in [0.15, 0.2) is 70.2 Å². The summed E-state index contributed by atoms with van der Waals surface area (Å²) in [6, 6.07) is 13.4. The monoisotopic (exact) mass is 512 g/mol. The van der Waals surface area contributed by atoms with E-state index in [2.05, 4.69) is 24.5 Å². The van der Waals surface area contributed by atoms with Gasteiger partial charge in [0.1, 0.15) is 5.75 Å². The number of oxazole rings is 1. The molecule has 0 aliphatic carbocycles.